The highest BCUT2D eigenvalue weighted by Gasteiger charge is 2.18. The smallest absolute Gasteiger partial charge is 0.234 e. The molecule has 4 aromatic rings. The lowest BCUT2D eigenvalue weighted by Gasteiger charge is -2.11. The average Bonchev–Trinajstić information content (AvgIpc) is 3.24. The third kappa shape index (κ3) is 4.90. The van der Waals surface area contributed by atoms with E-state index in [0.717, 1.165) is 17.0 Å². The lowest BCUT2D eigenvalue weighted by molar-refractivity contribution is -0.113. The summed E-state index contributed by atoms with van der Waals surface area (Å²) < 4.78 is 7.28. The molecule has 0 fully saturated rings. The standard InChI is InChI=1S/C23H19ClN4O2S/c1-30-18-11-7-8-16(14-18)22-26-27-23(28(22)17-9-3-2-4-10-17)31-15-21(29)25-20-13-6-5-12-19(20)24/h2-14H,15H2,1H3,(H,25,29). The molecule has 0 radical (unpaired) electrons. The van der Waals surface area contributed by atoms with Gasteiger partial charge in [0.25, 0.3) is 0 Å². The van der Waals surface area contributed by atoms with Crippen molar-refractivity contribution in [2.75, 3.05) is 18.2 Å². The minimum atomic E-state index is -0.177. The molecule has 1 amide bonds. The van der Waals surface area contributed by atoms with Crippen molar-refractivity contribution in [3.8, 4) is 22.8 Å². The van der Waals surface area contributed by atoms with Crippen LogP contribution in [0.1, 0.15) is 0 Å². The summed E-state index contributed by atoms with van der Waals surface area (Å²) >= 11 is 7.43. The molecule has 0 saturated carbocycles. The molecule has 156 valence electrons. The summed E-state index contributed by atoms with van der Waals surface area (Å²) in [7, 11) is 1.62. The zero-order valence-corrected chi connectivity index (χ0v) is 18.2. The maximum Gasteiger partial charge on any atom is 0.234 e. The van der Waals surface area contributed by atoms with Gasteiger partial charge >= 0.3 is 0 Å². The highest BCUT2D eigenvalue weighted by atomic mass is 35.5. The molecule has 0 aliphatic heterocycles. The van der Waals surface area contributed by atoms with Gasteiger partial charge in [-0.25, -0.2) is 0 Å². The summed E-state index contributed by atoms with van der Waals surface area (Å²) in [6.45, 7) is 0. The van der Waals surface area contributed by atoms with Gasteiger partial charge in [-0.05, 0) is 36.4 Å². The lowest BCUT2D eigenvalue weighted by atomic mass is 10.2. The molecule has 0 spiro atoms. The van der Waals surface area contributed by atoms with E-state index in [1.165, 1.54) is 11.8 Å². The number of nitrogens with zero attached hydrogens (tertiary/aromatic N) is 3. The minimum absolute atomic E-state index is 0.161. The maximum atomic E-state index is 12.5. The molecule has 1 aromatic heterocycles. The van der Waals surface area contributed by atoms with E-state index in [9.17, 15) is 4.79 Å². The number of ether oxygens (including phenoxy) is 1. The van der Waals surface area contributed by atoms with Gasteiger partial charge in [0, 0.05) is 11.3 Å². The Balaban J connectivity index is 1.61. The number of benzene rings is 3. The molecule has 6 nitrogen and oxygen atoms in total. The van der Waals surface area contributed by atoms with Gasteiger partial charge in [-0.15, -0.1) is 10.2 Å². The number of hydrogen-bond donors (Lipinski definition) is 1. The van der Waals surface area contributed by atoms with Crippen LogP contribution >= 0.6 is 23.4 Å². The molecule has 0 unspecified atom stereocenters. The summed E-state index contributed by atoms with van der Waals surface area (Å²) in [5.74, 6) is 1.38. The summed E-state index contributed by atoms with van der Waals surface area (Å²) in [5.41, 5.74) is 2.35. The van der Waals surface area contributed by atoms with Gasteiger partial charge in [0.15, 0.2) is 11.0 Å². The zero-order chi connectivity index (χ0) is 21.6. The molecule has 8 heteroatoms. The molecular formula is C23H19ClN4O2S. The molecule has 0 saturated heterocycles. The first-order valence-electron chi connectivity index (χ1n) is 9.48. The van der Waals surface area contributed by atoms with Gasteiger partial charge < -0.3 is 10.1 Å². The average molecular weight is 451 g/mol. The fourth-order valence-corrected chi connectivity index (χ4v) is 3.94. The Morgan fingerprint density at radius 2 is 1.81 bits per heavy atom. The number of para-hydroxylation sites is 2. The van der Waals surface area contributed by atoms with E-state index >= 15 is 0 Å². The molecule has 31 heavy (non-hydrogen) atoms. The van der Waals surface area contributed by atoms with E-state index in [1.54, 1.807) is 19.2 Å². The number of nitrogens with one attached hydrogen (secondary N) is 1. The van der Waals surface area contributed by atoms with Crippen molar-refractivity contribution in [1.29, 1.82) is 0 Å². The highest BCUT2D eigenvalue weighted by Crippen LogP contribution is 2.30. The van der Waals surface area contributed by atoms with Crippen molar-refractivity contribution in [3.05, 3.63) is 83.9 Å². The molecular weight excluding hydrogens is 432 g/mol. The van der Waals surface area contributed by atoms with Crippen molar-refractivity contribution in [2.24, 2.45) is 0 Å². The fraction of sp³-hybridized carbons (Fsp3) is 0.0870. The topological polar surface area (TPSA) is 69.0 Å². The number of methoxy groups -OCH3 is 1. The Labute approximate surface area is 189 Å². The van der Waals surface area contributed by atoms with Gasteiger partial charge in [-0.2, -0.15) is 0 Å². The van der Waals surface area contributed by atoms with Crippen LogP contribution < -0.4 is 10.1 Å². The number of rotatable bonds is 7. The molecule has 0 atom stereocenters. The fourth-order valence-electron chi connectivity index (χ4n) is 3.00. The van der Waals surface area contributed by atoms with Crippen molar-refractivity contribution >= 4 is 35.0 Å². The number of carbonyl (C=O) groups excluding carboxylic acids is 1. The van der Waals surface area contributed by atoms with Crippen LogP contribution in [-0.2, 0) is 4.79 Å². The molecule has 0 aliphatic rings. The third-order valence-electron chi connectivity index (χ3n) is 4.46. The second-order valence-electron chi connectivity index (χ2n) is 6.53. The molecule has 0 aliphatic carbocycles. The van der Waals surface area contributed by atoms with Gasteiger partial charge in [0.05, 0.1) is 23.6 Å². The number of aromatic nitrogens is 3. The Morgan fingerprint density at radius 1 is 1.03 bits per heavy atom. The first kappa shape index (κ1) is 21.0. The number of anilines is 1. The summed E-state index contributed by atoms with van der Waals surface area (Å²) in [4.78, 5) is 12.5. The van der Waals surface area contributed by atoms with Crippen molar-refractivity contribution < 1.29 is 9.53 Å². The van der Waals surface area contributed by atoms with Crippen LogP contribution in [-0.4, -0.2) is 33.5 Å². The minimum Gasteiger partial charge on any atom is -0.497 e. The van der Waals surface area contributed by atoms with Gasteiger partial charge in [-0.3, -0.25) is 9.36 Å². The van der Waals surface area contributed by atoms with E-state index in [0.29, 0.717) is 21.7 Å². The predicted molar refractivity (Wildman–Crippen MR) is 124 cm³/mol. The number of thioether (sulfide) groups is 1. The van der Waals surface area contributed by atoms with E-state index in [1.807, 2.05) is 71.3 Å². The number of halogens is 1. The molecule has 1 heterocycles. The third-order valence-corrected chi connectivity index (χ3v) is 5.71. The van der Waals surface area contributed by atoms with E-state index in [2.05, 4.69) is 15.5 Å². The Bertz CT molecular complexity index is 1200. The summed E-state index contributed by atoms with van der Waals surface area (Å²) in [5, 5.41) is 12.7. The van der Waals surface area contributed by atoms with Gasteiger partial charge in [0.1, 0.15) is 5.75 Å². The quantitative estimate of drug-likeness (QED) is 0.385. The van der Waals surface area contributed by atoms with Crippen LogP contribution in [0.3, 0.4) is 0 Å². The van der Waals surface area contributed by atoms with E-state index in [-0.39, 0.29) is 11.7 Å². The van der Waals surface area contributed by atoms with Crippen LogP contribution in [0.2, 0.25) is 5.02 Å². The van der Waals surface area contributed by atoms with E-state index < -0.39 is 0 Å². The maximum absolute atomic E-state index is 12.5. The normalized spacial score (nSPS) is 10.6. The highest BCUT2D eigenvalue weighted by molar-refractivity contribution is 7.99. The molecule has 0 bridgehead atoms. The molecule has 4 rings (SSSR count). The number of amides is 1. The molecule has 3 aromatic carbocycles. The molecule has 1 N–H and O–H groups in total. The SMILES string of the molecule is COc1cccc(-c2nnc(SCC(=O)Nc3ccccc3Cl)n2-c2ccccc2)c1. The van der Waals surface area contributed by atoms with Crippen LogP contribution in [0.15, 0.2) is 84.0 Å². The largest absolute Gasteiger partial charge is 0.497 e. The second-order valence-corrected chi connectivity index (χ2v) is 7.88. The van der Waals surface area contributed by atoms with E-state index in [4.69, 9.17) is 16.3 Å². The second kappa shape index (κ2) is 9.68. The van der Waals surface area contributed by atoms with Crippen LogP contribution in [0.25, 0.3) is 17.1 Å². The first-order chi connectivity index (χ1) is 15.2. The van der Waals surface area contributed by atoms with Crippen molar-refractivity contribution in [2.45, 2.75) is 5.16 Å². The summed E-state index contributed by atoms with van der Waals surface area (Å²) in [6, 6.07) is 24.6. The van der Waals surface area contributed by atoms with Crippen LogP contribution in [0.4, 0.5) is 5.69 Å². The lowest BCUT2D eigenvalue weighted by Crippen LogP contribution is -2.14. The van der Waals surface area contributed by atoms with Crippen LogP contribution in [0, 0.1) is 0 Å². The number of carbonyl (C=O) groups is 1. The van der Waals surface area contributed by atoms with Crippen molar-refractivity contribution in [3.63, 3.8) is 0 Å². The van der Waals surface area contributed by atoms with Gasteiger partial charge in [-0.1, -0.05) is 65.8 Å². The Morgan fingerprint density at radius 3 is 2.58 bits per heavy atom. The van der Waals surface area contributed by atoms with Crippen molar-refractivity contribution in [1.82, 2.24) is 14.8 Å². The monoisotopic (exact) mass is 450 g/mol. The Hall–Kier alpha value is -3.29. The zero-order valence-electron chi connectivity index (χ0n) is 16.7. The van der Waals surface area contributed by atoms with Crippen LogP contribution in [0.5, 0.6) is 5.75 Å². The van der Waals surface area contributed by atoms with Gasteiger partial charge in [0.2, 0.25) is 5.91 Å². The first-order valence-corrected chi connectivity index (χ1v) is 10.8. The predicted octanol–water partition coefficient (Wildman–Crippen LogP) is 5.33. The summed E-state index contributed by atoms with van der Waals surface area (Å²) in [6.07, 6.45) is 0. The Kier molecular flexibility index (Phi) is 6.54. The number of hydrogen-bond acceptors (Lipinski definition) is 5.